The number of halogens is 1. The Bertz CT molecular complexity index is 647. The summed E-state index contributed by atoms with van der Waals surface area (Å²) in [5.41, 5.74) is 2.52. The summed E-state index contributed by atoms with van der Waals surface area (Å²) in [6.07, 6.45) is 0. The molecule has 0 bridgehead atoms. The number of anilines is 1. The SMILES string of the molecule is C/C(=C\Sc1ccc(F)cc1)C(=O)Nc1ccc(C)cc1. The normalized spacial score (nSPS) is 11.3. The molecule has 0 fully saturated rings. The number of carbonyl (C=O) groups is 1. The lowest BCUT2D eigenvalue weighted by Crippen LogP contribution is -2.12. The maximum atomic E-state index is 12.8. The van der Waals surface area contributed by atoms with Crippen molar-refractivity contribution < 1.29 is 9.18 Å². The zero-order valence-electron chi connectivity index (χ0n) is 11.9. The molecule has 21 heavy (non-hydrogen) atoms. The van der Waals surface area contributed by atoms with E-state index < -0.39 is 0 Å². The molecular weight excluding hydrogens is 285 g/mol. The van der Waals surface area contributed by atoms with Crippen LogP contribution >= 0.6 is 11.8 Å². The van der Waals surface area contributed by atoms with E-state index in [-0.39, 0.29) is 11.7 Å². The van der Waals surface area contributed by atoms with E-state index in [4.69, 9.17) is 0 Å². The van der Waals surface area contributed by atoms with Crippen LogP contribution in [0.1, 0.15) is 12.5 Å². The number of hydrogen-bond donors (Lipinski definition) is 1. The number of carbonyl (C=O) groups excluding carboxylic acids is 1. The lowest BCUT2D eigenvalue weighted by molar-refractivity contribution is -0.112. The van der Waals surface area contributed by atoms with Gasteiger partial charge in [-0.1, -0.05) is 29.5 Å². The first-order chi connectivity index (χ1) is 10.0. The highest BCUT2D eigenvalue weighted by molar-refractivity contribution is 8.02. The molecule has 0 atom stereocenters. The highest BCUT2D eigenvalue weighted by atomic mass is 32.2. The van der Waals surface area contributed by atoms with Gasteiger partial charge in [-0.15, -0.1) is 0 Å². The van der Waals surface area contributed by atoms with Crippen molar-refractivity contribution in [1.82, 2.24) is 0 Å². The van der Waals surface area contributed by atoms with Gasteiger partial charge in [0.25, 0.3) is 5.91 Å². The van der Waals surface area contributed by atoms with E-state index in [2.05, 4.69) is 5.32 Å². The number of rotatable bonds is 4. The first-order valence-electron chi connectivity index (χ1n) is 6.51. The molecule has 1 N–H and O–H groups in total. The second-order valence-electron chi connectivity index (χ2n) is 4.69. The average molecular weight is 301 g/mol. The fourth-order valence-corrected chi connectivity index (χ4v) is 2.30. The van der Waals surface area contributed by atoms with Crippen LogP contribution in [-0.2, 0) is 4.79 Å². The number of benzene rings is 2. The van der Waals surface area contributed by atoms with Gasteiger partial charge in [0.1, 0.15) is 5.82 Å². The zero-order chi connectivity index (χ0) is 15.2. The fourth-order valence-electron chi connectivity index (χ4n) is 1.59. The van der Waals surface area contributed by atoms with Crippen LogP contribution in [0.25, 0.3) is 0 Å². The van der Waals surface area contributed by atoms with Gasteiger partial charge in [-0.3, -0.25) is 4.79 Å². The zero-order valence-corrected chi connectivity index (χ0v) is 12.7. The minimum Gasteiger partial charge on any atom is -0.322 e. The number of nitrogens with one attached hydrogen (secondary N) is 1. The van der Waals surface area contributed by atoms with Gasteiger partial charge in [0.15, 0.2) is 0 Å². The average Bonchev–Trinajstić information content (AvgIpc) is 2.48. The Morgan fingerprint density at radius 1 is 1.10 bits per heavy atom. The summed E-state index contributed by atoms with van der Waals surface area (Å²) < 4.78 is 12.8. The standard InChI is InChI=1S/C17H16FNOS/c1-12-3-7-15(8-4-12)19-17(20)13(2)11-21-16-9-5-14(18)6-10-16/h3-11H,1-2H3,(H,19,20)/b13-11+. The van der Waals surface area contributed by atoms with Gasteiger partial charge in [0.05, 0.1) is 0 Å². The molecule has 0 spiro atoms. The second-order valence-corrected chi connectivity index (χ2v) is 5.64. The van der Waals surface area contributed by atoms with Crippen LogP contribution in [0.4, 0.5) is 10.1 Å². The van der Waals surface area contributed by atoms with Crippen molar-refractivity contribution in [3.63, 3.8) is 0 Å². The summed E-state index contributed by atoms with van der Waals surface area (Å²) in [6.45, 7) is 3.75. The van der Waals surface area contributed by atoms with Crippen LogP contribution in [-0.4, -0.2) is 5.91 Å². The largest absolute Gasteiger partial charge is 0.322 e. The number of thioether (sulfide) groups is 1. The first kappa shape index (κ1) is 15.3. The Morgan fingerprint density at radius 3 is 2.33 bits per heavy atom. The molecule has 0 aliphatic rings. The fraction of sp³-hybridized carbons (Fsp3) is 0.118. The predicted molar refractivity (Wildman–Crippen MR) is 85.8 cm³/mol. The quantitative estimate of drug-likeness (QED) is 0.651. The molecule has 0 radical (unpaired) electrons. The molecule has 2 aromatic carbocycles. The van der Waals surface area contributed by atoms with Crippen LogP contribution in [0.3, 0.4) is 0 Å². The van der Waals surface area contributed by atoms with Crippen LogP contribution < -0.4 is 5.32 Å². The number of hydrogen-bond acceptors (Lipinski definition) is 2. The van der Waals surface area contributed by atoms with E-state index in [1.54, 1.807) is 24.5 Å². The molecule has 0 aliphatic heterocycles. The molecule has 2 aromatic rings. The molecular formula is C17H16FNOS. The smallest absolute Gasteiger partial charge is 0.251 e. The van der Waals surface area contributed by atoms with Crippen LogP contribution in [0, 0.1) is 12.7 Å². The molecule has 0 saturated heterocycles. The van der Waals surface area contributed by atoms with Crippen molar-refractivity contribution in [3.05, 3.63) is 70.9 Å². The van der Waals surface area contributed by atoms with Crippen molar-refractivity contribution in [2.45, 2.75) is 18.7 Å². The van der Waals surface area contributed by atoms with Crippen LogP contribution in [0.5, 0.6) is 0 Å². The van der Waals surface area contributed by atoms with Gasteiger partial charge in [0.2, 0.25) is 0 Å². The Balaban J connectivity index is 1.96. The molecule has 108 valence electrons. The molecule has 0 unspecified atom stereocenters. The molecule has 1 amide bonds. The monoisotopic (exact) mass is 301 g/mol. The van der Waals surface area contributed by atoms with E-state index in [9.17, 15) is 9.18 Å². The maximum absolute atomic E-state index is 12.8. The summed E-state index contributed by atoms with van der Waals surface area (Å²) in [5.74, 6) is -0.411. The molecule has 0 aromatic heterocycles. The van der Waals surface area contributed by atoms with Gasteiger partial charge < -0.3 is 5.32 Å². The molecule has 0 saturated carbocycles. The van der Waals surface area contributed by atoms with Crippen molar-refractivity contribution in [3.8, 4) is 0 Å². The van der Waals surface area contributed by atoms with Crippen molar-refractivity contribution in [1.29, 1.82) is 0 Å². The lowest BCUT2D eigenvalue weighted by Gasteiger charge is -2.05. The minimum absolute atomic E-state index is 0.145. The van der Waals surface area contributed by atoms with Crippen molar-refractivity contribution >= 4 is 23.4 Å². The van der Waals surface area contributed by atoms with E-state index in [1.807, 2.05) is 31.2 Å². The highest BCUT2D eigenvalue weighted by Gasteiger charge is 2.05. The highest BCUT2D eigenvalue weighted by Crippen LogP contribution is 2.21. The third kappa shape index (κ3) is 4.76. The van der Waals surface area contributed by atoms with Crippen molar-refractivity contribution in [2.24, 2.45) is 0 Å². The Hall–Kier alpha value is -2.07. The first-order valence-corrected chi connectivity index (χ1v) is 7.39. The van der Waals surface area contributed by atoms with Gasteiger partial charge in [-0.2, -0.15) is 0 Å². The minimum atomic E-state index is -0.267. The molecule has 0 aliphatic carbocycles. The summed E-state index contributed by atoms with van der Waals surface area (Å²) in [4.78, 5) is 12.9. The van der Waals surface area contributed by atoms with Gasteiger partial charge in [0, 0.05) is 16.2 Å². The lowest BCUT2D eigenvalue weighted by atomic mass is 10.2. The van der Waals surface area contributed by atoms with Gasteiger partial charge >= 0.3 is 0 Å². The third-order valence-corrected chi connectivity index (χ3v) is 3.87. The van der Waals surface area contributed by atoms with Crippen molar-refractivity contribution in [2.75, 3.05) is 5.32 Å². The molecule has 2 rings (SSSR count). The molecule has 0 heterocycles. The third-order valence-electron chi connectivity index (χ3n) is 2.85. The summed E-state index contributed by atoms with van der Waals surface area (Å²) in [6, 6.07) is 13.8. The molecule has 4 heteroatoms. The Morgan fingerprint density at radius 2 is 1.71 bits per heavy atom. The van der Waals surface area contributed by atoms with Crippen LogP contribution in [0.2, 0.25) is 0 Å². The summed E-state index contributed by atoms with van der Waals surface area (Å²) in [7, 11) is 0. The second kappa shape index (κ2) is 7.09. The van der Waals surface area contributed by atoms with Gasteiger partial charge in [-0.05, 0) is 55.7 Å². The Kier molecular flexibility index (Phi) is 5.17. The maximum Gasteiger partial charge on any atom is 0.251 e. The summed E-state index contributed by atoms with van der Waals surface area (Å²) >= 11 is 1.39. The van der Waals surface area contributed by atoms with E-state index in [0.29, 0.717) is 5.57 Å². The van der Waals surface area contributed by atoms with E-state index >= 15 is 0 Å². The predicted octanol–water partition coefficient (Wildman–Crippen LogP) is 4.77. The van der Waals surface area contributed by atoms with E-state index in [1.165, 1.54) is 23.9 Å². The van der Waals surface area contributed by atoms with Crippen LogP contribution in [0.15, 0.2) is 64.4 Å². The topological polar surface area (TPSA) is 29.1 Å². The Labute approximate surface area is 128 Å². The number of amides is 1. The van der Waals surface area contributed by atoms with Gasteiger partial charge in [-0.25, -0.2) is 4.39 Å². The molecule has 2 nitrogen and oxygen atoms in total. The van der Waals surface area contributed by atoms with E-state index in [0.717, 1.165) is 16.1 Å². The number of aryl methyl sites for hydroxylation is 1. The summed E-state index contributed by atoms with van der Waals surface area (Å²) in [5, 5.41) is 4.59.